The van der Waals surface area contributed by atoms with Crippen molar-refractivity contribution in [2.75, 3.05) is 6.54 Å². The Hall–Kier alpha value is -0.480. The number of carboxylic acids is 1. The number of carbonyl (C=O) groups is 1. The average Bonchev–Trinajstić information content (AvgIpc) is 2.32. The number of rotatable bonds is 2. The van der Waals surface area contributed by atoms with Crippen molar-refractivity contribution >= 4 is 35.7 Å². The SMILES string of the molecule is CCC1=NNCC1(Cl)C(=O)O.Cl. The number of nitrogens with one attached hydrogen (secondary N) is 1. The van der Waals surface area contributed by atoms with Crippen LogP contribution in [0.15, 0.2) is 5.10 Å². The minimum absolute atomic E-state index is 0. The maximum Gasteiger partial charge on any atom is 0.332 e. The predicted molar refractivity (Wildman–Crippen MR) is 49.2 cm³/mol. The Morgan fingerprint density at radius 2 is 2.50 bits per heavy atom. The highest BCUT2D eigenvalue weighted by molar-refractivity contribution is 6.47. The lowest BCUT2D eigenvalue weighted by Gasteiger charge is -2.14. The van der Waals surface area contributed by atoms with E-state index in [-0.39, 0.29) is 19.0 Å². The van der Waals surface area contributed by atoms with Crippen LogP contribution >= 0.6 is 24.0 Å². The number of hydrogen-bond acceptors (Lipinski definition) is 3. The second-order valence-electron chi connectivity index (χ2n) is 2.35. The first-order valence-electron chi connectivity index (χ1n) is 3.33. The van der Waals surface area contributed by atoms with Gasteiger partial charge in [0, 0.05) is 0 Å². The molecule has 70 valence electrons. The smallest absolute Gasteiger partial charge is 0.332 e. The fourth-order valence-corrected chi connectivity index (χ4v) is 1.23. The van der Waals surface area contributed by atoms with Crippen LogP contribution in [0.4, 0.5) is 0 Å². The number of hydrazone groups is 1. The van der Waals surface area contributed by atoms with E-state index >= 15 is 0 Å². The quantitative estimate of drug-likeness (QED) is 0.668. The fraction of sp³-hybridized carbons (Fsp3) is 0.667. The Kier molecular flexibility index (Phi) is 3.80. The molecule has 1 aliphatic heterocycles. The van der Waals surface area contributed by atoms with Crippen LogP contribution in [0.3, 0.4) is 0 Å². The highest BCUT2D eigenvalue weighted by Crippen LogP contribution is 2.22. The molecule has 6 heteroatoms. The highest BCUT2D eigenvalue weighted by atomic mass is 35.5. The van der Waals surface area contributed by atoms with Crippen LogP contribution in [-0.4, -0.2) is 28.2 Å². The van der Waals surface area contributed by atoms with E-state index < -0.39 is 10.8 Å². The van der Waals surface area contributed by atoms with Gasteiger partial charge in [-0.2, -0.15) is 5.10 Å². The Labute approximate surface area is 81.4 Å². The monoisotopic (exact) mass is 212 g/mol. The number of nitrogens with zero attached hydrogens (tertiary/aromatic N) is 1. The first-order chi connectivity index (χ1) is 5.11. The van der Waals surface area contributed by atoms with Gasteiger partial charge in [-0.3, -0.25) is 0 Å². The normalized spacial score (nSPS) is 27.0. The summed E-state index contributed by atoms with van der Waals surface area (Å²) in [5.74, 6) is -1.04. The van der Waals surface area contributed by atoms with Gasteiger partial charge in [-0.1, -0.05) is 18.5 Å². The van der Waals surface area contributed by atoms with E-state index in [9.17, 15) is 4.79 Å². The fourth-order valence-electron chi connectivity index (χ4n) is 0.993. The first-order valence-corrected chi connectivity index (χ1v) is 3.71. The Morgan fingerprint density at radius 3 is 2.83 bits per heavy atom. The van der Waals surface area contributed by atoms with Gasteiger partial charge in [0.05, 0.1) is 12.3 Å². The summed E-state index contributed by atoms with van der Waals surface area (Å²) in [5, 5.41) is 12.5. The zero-order chi connectivity index (χ0) is 8.48. The molecule has 2 N–H and O–H groups in total. The molecule has 0 bridgehead atoms. The lowest BCUT2D eigenvalue weighted by atomic mass is 10.0. The Bertz CT molecular complexity index is 220. The van der Waals surface area contributed by atoms with Gasteiger partial charge in [-0.05, 0) is 6.42 Å². The molecule has 0 aromatic rings. The third-order valence-electron chi connectivity index (χ3n) is 1.67. The molecular formula is C6H10Cl2N2O2. The molecular weight excluding hydrogens is 203 g/mol. The summed E-state index contributed by atoms with van der Waals surface area (Å²) in [4.78, 5) is 9.33. The van der Waals surface area contributed by atoms with Gasteiger partial charge >= 0.3 is 5.97 Å². The minimum Gasteiger partial charge on any atom is -0.480 e. The molecule has 1 rings (SSSR count). The number of aliphatic carboxylic acids is 1. The van der Waals surface area contributed by atoms with E-state index in [1.165, 1.54) is 0 Å². The van der Waals surface area contributed by atoms with E-state index in [0.717, 1.165) is 0 Å². The van der Waals surface area contributed by atoms with Crippen LogP contribution in [0.1, 0.15) is 13.3 Å². The van der Waals surface area contributed by atoms with Gasteiger partial charge in [-0.25, -0.2) is 4.79 Å². The molecule has 1 aliphatic rings. The molecule has 1 heterocycles. The van der Waals surface area contributed by atoms with Crippen LogP contribution in [-0.2, 0) is 4.79 Å². The number of carboxylic acid groups (broad SMARTS) is 1. The van der Waals surface area contributed by atoms with Crippen molar-refractivity contribution in [3.8, 4) is 0 Å². The molecule has 1 unspecified atom stereocenters. The summed E-state index contributed by atoms with van der Waals surface area (Å²) in [6.07, 6.45) is 0.558. The second-order valence-corrected chi connectivity index (χ2v) is 3.00. The summed E-state index contributed by atoms with van der Waals surface area (Å²) >= 11 is 5.78. The maximum atomic E-state index is 10.6. The van der Waals surface area contributed by atoms with Gasteiger partial charge in [0.1, 0.15) is 0 Å². The predicted octanol–water partition coefficient (Wildman–Crippen LogP) is 0.840. The van der Waals surface area contributed by atoms with Crippen LogP contribution in [0.5, 0.6) is 0 Å². The van der Waals surface area contributed by atoms with Crippen LogP contribution < -0.4 is 5.43 Å². The standard InChI is InChI=1S/C6H9ClN2O2.ClH/c1-2-4-6(7,5(10)11)3-8-9-4;/h8H,2-3H2,1H3,(H,10,11);1H. The number of alkyl halides is 1. The lowest BCUT2D eigenvalue weighted by molar-refractivity contribution is -0.137. The minimum atomic E-state index is -1.31. The summed E-state index contributed by atoms with van der Waals surface area (Å²) in [5.41, 5.74) is 3.06. The van der Waals surface area contributed by atoms with Crippen LogP contribution in [0.25, 0.3) is 0 Å². The molecule has 0 aromatic heterocycles. The molecule has 0 amide bonds. The molecule has 4 nitrogen and oxygen atoms in total. The summed E-state index contributed by atoms with van der Waals surface area (Å²) < 4.78 is 0. The van der Waals surface area contributed by atoms with Crippen molar-refractivity contribution in [1.29, 1.82) is 0 Å². The second kappa shape index (κ2) is 3.96. The van der Waals surface area contributed by atoms with E-state index in [0.29, 0.717) is 12.1 Å². The van der Waals surface area contributed by atoms with Gasteiger partial charge in [-0.15, -0.1) is 12.4 Å². The molecule has 12 heavy (non-hydrogen) atoms. The Balaban J connectivity index is 0.00000121. The maximum absolute atomic E-state index is 10.6. The number of hydrogen-bond donors (Lipinski definition) is 2. The topological polar surface area (TPSA) is 61.7 Å². The third-order valence-corrected chi connectivity index (χ3v) is 2.18. The molecule has 0 radical (unpaired) electrons. The highest BCUT2D eigenvalue weighted by Gasteiger charge is 2.44. The summed E-state index contributed by atoms with van der Waals surface area (Å²) in [6.45, 7) is 2.00. The largest absolute Gasteiger partial charge is 0.480 e. The first kappa shape index (κ1) is 11.5. The van der Waals surface area contributed by atoms with Crippen molar-refractivity contribution in [2.24, 2.45) is 5.10 Å². The molecule has 0 spiro atoms. The van der Waals surface area contributed by atoms with Crippen molar-refractivity contribution < 1.29 is 9.90 Å². The van der Waals surface area contributed by atoms with E-state index in [2.05, 4.69) is 10.5 Å². The molecule has 0 fully saturated rings. The van der Waals surface area contributed by atoms with Crippen molar-refractivity contribution in [3.63, 3.8) is 0 Å². The van der Waals surface area contributed by atoms with E-state index in [1.54, 1.807) is 0 Å². The zero-order valence-corrected chi connectivity index (χ0v) is 8.08. The van der Waals surface area contributed by atoms with E-state index in [4.69, 9.17) is 16.7 Å². The molecule has 0 saturated carbocycles. The third kappa shape index (κ3) is 1.64. The van der Waals surface area contributed by atoms with Crippen LogP contribution in [0, 0.1) is 0 Å². The molecule has 1 atom stereocenters. The van der Waals surface area contributed by atoms with Gasteiger partial charge < -0.3 is 10.5 Å². The molecule has 0 saturated heterocycles. The van der Waals surface area contributed by atoms with E-state index in [1.807, 2.05) is 6.92 Å². The lowest BCUT2D eigenvalue weighted by Crippen LogP contribution is -2.42. The van der Waals surface area contributed by atoms with Crippen molar-refractivity contribution in [2.45, 2.75) is 18.2 Å². The molecule has 0 aromatic carbocycles. The number of halogens is 2. The summed E-state index contributed by atoms with van der Waals surface area (Å²) in [6, 6.07) is 0. The van der Waals surface area contributed by atoms with Crippen molar-refractivity contribution in [3.05, 3.63) is 0 Å². The van der Waals surface area contributed by atoms with Crippen molar-refractivity contribution in [1.82, 2.24) is 5.43 Å². The van der Waals surface area contributed by atoms with Gasteiger partial charge in [0.15, 0.2) is 4.87 Å². The van der Waals surface area contributed by atoms with Gasteiger partial charge in [0.2, 0.25) is 0 Å². The average molecular weight is 213 g/mol. The molecule has 0 aliphatic carbocycles. The van der Waals surface area contributed by atoms with Gasteiger partial charge in [0.25, 0.3) is 0 Å². The zero-order valence-electron chi connectivity index (χ0n) is 6.50. The van der Waals surface area contributed by atoms with Crippen LogP contribution in [0.2, 0.25) is 0 Å². The Morgan fingerprint density at radius 1 is 1.92 bits per heavy atom. The summed E-state index contributed by atoms with van der Waals surface area (Å²) in [7, 11) is 0.